The van der Waals surface area contributed by atoms with Gasteiger partial charge in [0.05, 0.1) is 0 Å². The quantitative estimate of drug-likeness (QED) is 0.257. The van der Waals surface area contributed by atoms with E-state index in [1.807, 2.05) is 0 Å². The Morgan fingerprint density at radius 3 is 2.17 bits per heavy atom. The molecular formula is C10H20NO. The van der Waals surface area contributed by atoms with Crippen LogP contribution in [0.4, 0.5) is 0 Å². The van der Waals surface area contributed by atoms with Gasteiger partial charge < -0.3 is 5.21 Å². The number of hydrogen-bond donors (Lipinski definition) is 1. The third kappa shape index (κ3) is 9.47. The Labute approximate surface area is 75.7 Å². The van der Waals surface area contributed by atoms with Crippen LogP contribution >= 0.6 is 0 Å². The van der Waals surface area contributed by atoms with Crippen molar-refractivity contribution in [1.29, 1.82) is 0 Å². The zero-order valence-electron chi connectivity index (χ0n) is 7.84. The molecule has 1 radical (unpaired) electrons. The van der Waals surface area contributed by atoms with Gasteiger partial charge in [-0.25, -0.2) is 0 Å². The predicted molar refractivity (Wildman–Crippen MR) is 52.6 cm³/mol. The van der Waals surface area contributed by atoms with Gasteiger partial charge in [-0.2, -0.15) is 0 Å². The summed E-state index contributed by atoms with van der Waals surface area (Å²) in [5, 5.41) is 11.1. The fourth-order valence-electron chi connectivity index (χ4n) is 1.18. The summed E-state index contributed by atoms with van der Waals surface area (Å²) in [6.45, 7) is 3.80. The van der Waals surface area contributed by atoms with Gasteiger partial charge in [-0.3, -0.25) is 0 Å². The molecule has 0 aliphatic rings. The zero-order valence-corrected chi connectivity index (χ0v) is 7.84. The summed E-state index contributed by atoms with van der Waals surface area (Å²) in [6.07, 6.45) is 11.2. The molecule has 2 nitrogen and oxygen atoms in total. The van der Waals surface area contributed by atoms with Crippen LogP contribution in [0.2, 0.25) is 0 Å². The molecular weight excluding hydrogens is 150 g/mol. The van der Waals surface area contributed by atoms with Crippen molar-refractivity contribution < 1.29 is 5.21 Å². The number of oxime groups is 1. The predicted octanol–water partition coefficient (Wildman–Crippen LogP) is 3.40. The van der Waals surface area contributed by atoms with Crippen molar-refractivity contribution in [3.63, 3.8) is 0 Å². The fraction of sp³-hybridized carbons (Fsp3) is 0.800. The molecule has 0 saturated carbocycles. The van der Waals surface area contributed by atoms with E-state index in [9.17, 15) is 0 Å². The number of rotatable bonds is 8. The smallest absolute Gasteiger partial charge is 0.0435 e. The highest BCUT2D eigenvalue weighted by Gasteiger charge is 1.89. The monoisotopic (exact) mass is 170 g/mol. The van der Waals surface area contributed by atoms with Crippen LogP contribution in [0.25, 0.3) is 0 Å². The standard InChI is InChI=1S/C10H20NO/c1-2-3-4-5-6-7-8-9-10-11-12/h10,12H,1-9H2. The summed E-state index contributed by atoms with van der Waals surface area (Å²) in [5.41, 5.74) is 0. The van der Waals surface area contributed by atoms with Gasteiger partial charge in [-0.1, -0.05) is 45.4 Å². The van der Waals surface area contributed by atoms with E-state index in [1.165, 1.54) is 32.1 Å². The van der Waals surface area contributed by atoms with E-state index in [0.717, 1.165) is 19.3 Å². The molecule has 0 aliphatic heterocycles. The van der Waals surface area contributed by atoms with E-state index in [1.54, 1.807) is 6.21 Å². The molecule has 0 spiro atoms. The SMILES string of the molecule is [CH2]CCCCCCCCC=NO. The van der Waals surface area contributed by atoms with Crippen LogP contribution in [0.5, 0.6) is 0 Å². The van der Waals surface area contributed by atoms with Gasteiger partial charge in [0.25, 0.3) is 0 Å². The van der Waals surface area contributed by atoms with E-state index < -0.39 is 0 Å². The Bertz CT molecular complexity index is 102. The minimum atomic E-state index is 0.909. The van der Waals surface area contributed by atoms with Gasteiger partial charge in [0.15, 0.2) is 0 Å². The Balaban J connectivity index is 2.81. The van der Waals surface area contributed by atoms with Crippen molar-refractivity contribution >= 4 is 6.21 Å². The second kappa shape index (κ2) is 10.5. The van der Waals surface area contributed by atoms with Crippen LogP contribution in [-0.2, 0) is 0 Å². The molecule has 0 aliphatic carbocycles. The molecule has 0 unspecified atom stereocenters. The summed E-state index contributed by atoms with van der Waals surface area (Å²) in [5.74, 6) is 0. The molecule has 0 aromatic heterocycles. The second-order valence-electron chi connectivity index (χ2n) is 3.06. The van der Waals surface area contributed by atoms with Gasteiger partial charge in [0.2, 0.25) is 0 Å². The molecule has 0 heterocycles. The maximum atomic E-state index is 8.10. The van der Waals surface area contributed by atoms with Crippen LogP contribution in [0.3, 0.4) is 0 Å². The van der Waals surface area contributed by atoms with E-state index in [-0.39, 0.29) is 0 Å². The van der Waals surface area contributed by atoms with E-state index in [4.69, 9.17) is 5.21 Å². The number of hydrogen-bond acceptors (Lipinski definition) is 2. The first-order chi connectivity index (χ1) is 5.91. The summed E-state index contributed by atoms with van der Waals surface area (Å²) in [6, 6.07) is 0. The molecule has 0 saturated heterocycles. The maximum absolute atomic E-state index is 8.10. The van der Waals surface area contributed by atoms with Gasteiger partial charge in [0, 0.05) is 6.21 Å². The van der Waals surface area contributed by atoms with Crippen LogP contribution in [0, 0.1) is 6.92 Å². The van der Waals surface area contributed by atoms with Crippen LogP contribution in [0.15, 0.2) is 5.16 Å². The molecule has 0 aromatic rings. The minimum absolute atomic E-state index is 0.909. The van der Waals surface area contributed by atoms with Crippen LogP contribution < -0.4 is 0 Å². The molecule has 1 N–H and O–H groups in total. The van der Waals surface area contributed by atoms with Crippen molar-refractivity contribution in [3.8, 4) is 0 Å². The van der Waals surface area contributed by atoms with Crippen molar-refractivity contribution in [2.24, 2.45) is 5.16 Å². The third-order valence-corrected chi connectivity index (χ3v) is 1.91. The van der Waals surface area contributed by atoms with Gasteiger partial charge in [-0.05, 0) is 12.8 Å². The Kier molecular flexibility index (Phi) is 10.0. The Morgan fingerprint density at radius 1 is 1.00 bits per heavy atom. The molecule has 0 atom stereocenters. The van der Waals surface area contributed by atoms with E-state index in [2.05, 4.69) is 12.1 Å². The Morgan fingerprint density at radius 2 is 1.58 bits per heavy atom. The van der Waals surface area contributed by atoms with Gasteiger partial charge in [-0.15, -0.1) is 5.16 Å². The first kappa shape index (κ1) is 11.5. The fourth-order valence-corrected chi connectivity index (χ4v) is 1.18. The molecule has 0 bridgehead atoms. The van der Waals surface area contributed by atoms with Crippen molar-refractivity contribution in [1.82, 2.24) is 0 Å². The number of unbranched alkanes of at least 4 members (excludes halogenated alkanes) is 7. The minimum Gasteiger partial charge on any atom is -0.411 e. The molecule has 0 fully saturated rings. The van der Waals surface area contributed by atoms with Crippen molar-refractivity contribution in [3.05, 3.63) is 6.92 Å². The van der Waals surface area contributed by atoms with Crippen LogP contribution in [-0.4, -0.2) is 11.4 Å². The summed E-state index contributed by atoms with van der Waals surface area (Å²) >= 11 is 0. The van der Waals surface area contributed by atoms with E-state index >= 15 is 0 Å². The highest BCUT2D eigenvalue weighted by Crippen LogP contribution is 2.07. The summed E-state index contributed by atoms with van der Waals surface area (Å²) in [4.78, 5) is 0. The third-order valence-electron chi connectivity index (χ3n) is 1.91. The van der Waals surface area contributed by atoms with Crippen molar-refractivity contribution in [2.45, 2.75) is 51.4 Å². The topological polar surface area (TPSA) is 32.6 Å². The average molecular weight is 170 g/mol. The molecule has 0 rings (SSSR count). The lowest BCUT2D eigenvalue weighted by Gasteiger charge is -1.97. The highest BCUT2D eigenvalue weighted by molar-refractivity contribution is 5.55. The normalized spacial score (nSPS) is 11.1. The maximum Gasteiger partial charge on any atom is 0.0435 e. The van der Waals surface area contributed by atoms with Gasteiger partial charge in [0.1, 0.15) is 0 Å². The van der Waals surface area contributed by atoms with Crippen molar-refractivity contribution in [2.75, 3.05) is 0 Å². The highest BCUT2D eigenvalue weighted by atomic mass is 16.4. The first-order valence-corrected chi connectivity index (χ1v) is 4.87. The zero-order chi connectivity index (χ0) is 9.07. The summed E-state index contributed by atoms with van der Waals surface area (Å²) in [7, 11) is 0. The molecule has 12 heavy (non-hydrogen) atoms. The second-order valence-corrected chi connectivity index (χ2v) is 3.06. The first-order valence-electron chi connectivity index (χ1n) is 4.87. The lowest BCUT2D eigenvalue weighted by atomic mass is 10.1. The van der Waals surface area contributed by atoms with Crippen LogP contribution in [0.1, 0.15) is 51.4 Å². The Hall–Kier alpha value is -0.530. The molecule has 0 amide bonds. The molecule has 71 valence electrons. The lowest BCUT2D eigenvalue weighted by molar-refractivity contribution is 0.320. The number of nitrogens with zero attached hydrogens (tertiary/aromatic N) is 1. The molecule has 2 heteroatoms. The summed E-state index contributed by atoms with van der Waals surface area (Å²) < 4.78 is 0. The average Bonchev–Trinajstić information content (AvgIpc) is 2.10. The molecule has 0 aromatic carbocycles. The lowest BCUT2D eigenvalue weighted by Crippen LogP contribution is -1.81. The largest absolute Gasteiger partial charge is 0.411 e. The van der Waals surface area contributed by atoms with Gasteiger partial charge >= 0.3 is 0 Å². The van der Waals surface area contributed by atoms with E-state index in [0.29, 0.717) is 0 Å².